The summed E-state index contributed by atoms with van der Waals surface area (Å²) in [4.78, 5) is 41.1. The van der Waals surface area contributed by atoms with Gasteiger partial charge in [-0.1, -0.05) is 63.0 Å². The van der Waals surface area contributed by atoms with Crippen LogP contribution in [-0.4, -0.2) is 27.4 Å². The molecule has 1 N–H and O–H groups in total. The highest BCUT2D eigenvalue weighted by Gasteiger charge is 2.66. The smallest absolute Gasteiger partial charge is 0.255 e. The summed E-state index contributed by atoms with van der Waals surface area (Å²) in [6.07, 6.45) is 1.70. The molecular weight excluding hydrogens is 524 g/mol. The molecule has 2 bridgehead atoms. The molecule has 3 amide bonds. The van der Waals surface area contributed by atoms with Gasteiger partial charge in [0.2, 0.25) is 11.8 Å². The van der Waals surface area contributed by atoms with Crippen molar-refractivity contribution in [3.8, 4) is 0 Å². The molecule has 2 saturated carbocycles. The standard InChI is InChI=1S/C24H22Br2N2O3/c1-2-12-6-3-4-9-17(12)27-22(29)13-7-5-8-14(10-13)28-23(30)18-15-11-16(19(18)24(28)31)21(26)20(15)25/h3-10,15-16,18-21H,2,11H2,1H3,(H,27,29)/t15-,16-,18-,19-,20+,21+/m1/s1. The molecule has 3 aliphatic rings. The first-order chi connectivity index (χ1) is 14.9. The van der Waals surface area contributed by atoms with Crippen LogP contribution < -0.4 is 10.2 Å². The number of carbonyl (C=O) groups is 3. The van der Waals surface area contributed by atoms with Crippen LogP contribution in [0.15, 0.2) is 48.5 Å². The first-order valence-electron chi connectivity index (χ1n) is 10.6. The highest BCUT2D eigenvalue weighted by molar-refractivity contribution is 9.12. The summed E-state index contributed by atoms with van der Waals surface area (Å²) in [7, 11) is 0. The number of aryl methyl sites for hydroxylation is 1. The predicted molar refractivity (Wildman–Crippen MR) is 127 cm³/mol. The van der Waals surface area contributed by atoms with Crippen molar-refractivity contribution < 1.29 is 14.4 Å². The molecule has 7 heteroatoms. The van der Waals surface area contributed by atoms with Crippen molar-refractivity contribution >= 4 is 61.0 Å². The van der Waals surface area contributed by atoms with Crippen molar-refractivity contribution in [3.63, 3.8) is 0 Å². The Kier molecular flexibility index (Phi) is 5.29. The number of hydrogen-bond donors (Lipinski definition) is 1. The highest BCUT2D eigenvalue weighted by atomic mass is 79.9. The number of carbonyl (C=O) groups excluding carboxylic acids is 3. The first-order valence-corrected chi connectivity index (χ1v) is 12.4. The van der Waals surface area contributed by atoms with Gasteiger partial charge in [-0.25, -0.2) is 0 Å². The van der Waals surface area contributed by atoms with E-state index < -0.39 is 0 Å². The van der Waals surface area contributed by atoms with E-state index in [2.05, 4.69) is 37.2 Å². The Morgan fingerprint density at radius 3 is 2.29 bits per heavy atom. The second kappa shape index (κ2) is 7.85. The Hall–Kier alpha value is -1.99. The van der Waals surface area contributed by atoms with Crippen LogP contribution in [0.4, 0.5) is 11.4 Å². The average molecular weight is 546 g/mol. The topological polar surface area (TPSA) is 66.5 Å². The minimum absolute atomic E-state index is 0.139. The minimum Gasteiger partial charge on any atom is -0.322 e. The van der Waals surface area contributed by atoms with E-state index in [1.807, 2.05) is 31.2 Å². The number of amides is 3. The van der Waals surface area contributed by atoms with Crippen molar-refractivity contribution in [1.29, 1.82) is 0 Å². The first kappa shape index (κ1) is 20.9. The van der Waals surface area contributed by atoms with Crippen molar-refractivity contribution in [2.24, 2.45) is 23.7 Å². The monoisotopic (exact) mass is 544 g/mol. The van der Waals surface area contributed by atoms with Gasteiger partial charge in [0.25, 0.3) is 5.91 Å². The van der Waals surface area contributed by atoms with Gasteiger partial charge in [-0.3, -0.25) is 19.3 Å². The number of imide groups is 1. The second-order valence-corrected chi connectivity index (χ2v) is 10.6. The molecule has 2 aliphatic carbocycles. The zero-order valence-electron chi connectivity index (χ0n) is 16.9. The normalized spacial score (nSPS) is 31.3. The van der Waals surface area contributed by atoms with E-state index >= 15 is 0 Å². The quantitative estimate of drug-likeness (QED) is 0.444. The molecule has 0 radical (unpaired) electrons. The van der Waals surface area contributed by atoms with Crippen LogP contribution in [0.25, 0.3) is 0 Å². The Morgan fingerprint density at radius 1 is 1.00 bits per heavy atom. The van der Waals surface area contributed by atoms with E-state index in [4.69, 9.17) is 0 Å². The third kappa shape index (κ3) is 3.20. The molecule has 31 heavy (non-hydrogen) atoms. The number of fused-ring (bicyclic) bond motifs is 5. The fourth-order valence-electron chi connectivity index (χ4n) is 5.53. The molecular formula is C24H22Br2N2O3. The Balaban J connectivity index is 1.41. The lowest BCUT2D eigenvalue weighted by atomic mass is 9.81. The van der Waals surface area contributed by atoms with Crippen LogP contribution in [0.5, 0.6) is 0 Å². The molecule has 0 aromatic heterocycles. The fraction of sp³-hybridized carbons (Fsp3) is 0.375. The van der Waals surface area contributed by atoms with Gasteiger partial charge in [-0.05, 0) is 54.5 Å². The number of para-hydroxylation sites is 1. The molecule has 2 aromatic rings. The summed E-state index contributed by atoms with van der Waals surface area (Å²) < 4.78 is 0. The van der Waals surface area contributed by atoms with E-state index in [0.717, 1.165) is 24.1 Å². The third-order valence-corrected chi connectivity index (χ3v) is 10.2. The number of benzene rings is 2. The summed E-state index contributed by atoms with van der Waals surface area (Å²) in [6.45, 7) is 2.04. The molecule has 0 spiro atoms. The zero-order chi connectivity index (χ0) is 21.9. The van der Waals surface area contributed by atoms with E-state index in [1.165, 1.54) is 4.90 Å². The average Bonchev–Trinajstić information content (AvgIpc) is 3.39. The number of nitrogens with one attached hydrogen (secondary N) is 1. The van der Waals surface area contributed by atoms with Gasteiger partial charge in [0.1, 0.15) is 0 Å². The van der Waals surface area contributed by atoms with Crippen LogP contribution in [0.2, 0.25) is 0 Å². The molecule has 6 atom stereocenters. The van der Waals surface area contributed by atoms with Gasteiger partial charge in [0, 0.05) is 20.9 Å². The second-order valence-electron chi connectivity index (χ2n) is 8.53. The molecule has 160 valence electrons. The van der Waals surface area contributed by atoms with Gasteiger partial charge in [-0.15, -0.1) is 0 Å². The van der Waals surface area contributed by atoms with Gasteiger partial charge in [-0.2, -0.15) is 0 Å². The Labute approximate surface area is 197 Å². The lowest BCUT2D eigenvalue weighted by molar-refractivity contribution is -0.123. The van der Waals surface area contributed by atoms with Crippen LogP contribution in [0.3, 0.4) is 0 Å². The van der Waals surface area contributed by atoms with Crippen LogP contribution >= 0.6 is 31.9 Å². The predicted octanol–water partition coefficient (Wildman–Crippen LogP) is 4.78. The number of nitrogens with zero attached hydrogens (tertiary/aromatic N) is 1. The van der Waals surface area contributed by atoms with Gasteiger partial charge in [0.15, 0.2) is 0 Å². The summed E-state index contributed by atoms with van der Waals surface area (Å²) >= 11 is 7.43. The summed E-state index contributed by atoms with van der Waals surface area (Å²) in [5.41, 5.74) is 2.71. The Bertz CT molecular complexity index is 1060. The summed E-state index contributed by atoms with van der Waals surface area (Å²) in [5.74, 6) is -0.756. The molecule has 5 nitrogen and oxygen atoms in total. The molecule has 5 rings (SSSR count). The largest absolute Gasteiger partial charge is 0.322 e. The lowest BCUT2D eigenvalue weighted by Gasteiger charge is -2.28. The van der Waals surface area contributed by atoms with Crippen LogP contribution in [-0.2, 0) is 16.0 Å². The SMILES string of the molecule is CCc1ccccc1NC(=O)c1cccc(N2C(=O)[C@@H]3[C@H]4C[C@@H]([C@H](Br)[C@H]4Br)[C@H]3C2=O)c1. The lowest BCUT2D eigenvalue weighted by Crippen LogP contribution is -2.37. The summed E-state index contributed by atoms with van der Waals surface area (Å²) in [5, 5.41) is 2.95. The third-order valence-electron chi connectivity index (χ3n) is 7.00. The van der Waals surface area contributed by atoms with Crippen LogP contribution in [0, 0.1) is 23.7 Å². The van der Waals surface area contributed by atoms with Gasteiger partial charge < -0.3 is 5.32 Å². The maximum absolute atomic E-state index is 13.3. The molecule has 0 unspecified atom stereocenters. The van der Waals surface area contributed by atoms with Crippen molar-refractivity contribution in [2.75, 3.05) is 10.2 Å². The van der Waals surface area contributed by atoms with Crippen molar-refractivity contribution in [1.82, 2.24) is 0 Å². The molecule has 1 aliphatic heterocycles. The fourth-order valence-corrected chi connectivity index (χ4v) is 7.41. The van der Waals surface area contributed by atoms with E-state index in [0.29, 0.717) is 11.3 Å². The van der Waals surface area contributed by atoms with Crippen LogP contribution in [0.1, 0.15) is 29.3 Å². The Morgan fingerprint density at radius 2 is 1.65 bits per heavy atom. The maximum Gasteiger partial charge on any atom is 0.255 e. The van der Waals surface area contributed by atoms with Gasteiger partial charge in [0.05, 0.1) is 17.5 Å². The van der Waals surface area contributed by atoms with E-state index in [9.17, 15) is 14.4 Å². The minimum atomic E-state index is -0.274. The molecule has 3 fully saturated rings. The number of anilines is 2. The number of alkyl halides is 2. The number of rotatable bonds is 4. The zero-order valence-corrected chi connectivity index (χ0v) is 20.1. The number of hydrogen-bond acceptors (Lipinski definition) is 3. The molecule has 1 saturated heterocycles. The molecule has 2 aromatic carbocycles. The van der Waals surface area contributed by atoms with Gasteiger partial charge >= 0.3 is 0 Å². The van der Waals surface area contributed by atoms with Crippen molar-refractivity contribution in [3.05, 3.63) is 59.7 Å². The van der Waals surface area contributed by atoms with E-state index in [1.54, 1.807) is 24.3 Å². The van der Waals surface area contributed by atoms with E-state index in [-0.39, 0.29) is 51.0 Å². The number of halogens is 2. The summed E-state index contributed by atoms with van der Waals surface area (Å²) in [6, 6.07) is 14.5. The maximum atomic E-state index is 13.3. The van der Waals surface area contributed by atoms with Crippen molar-refractivity contribution in [2.45, 2.75) is 29.4 Å². The molecule has 1 heterocycles. The highest BCUT2D eigenvalue weighted by Crippen LogP contribution is 2.60.